The highest BCUT2D eigenvalue weighted by molar-refractivity contribution is 5.95. The Balaban J connectivity index is 2.15. The van der Waals surface area contributed by atoms with Crippen LogP contribution in [0.4, 0.5) is 5.69 Å². The Kier molecular flexibility index (Phi) is 4.33. The lowest BCUT2D eigenvalue weighted by Gasteiger charge is -2.26. The number of hydrogen-bond acceptors (Lipinski definition) is 3. The van der Waals surface area contributed by atoms with E-state index in [0.717, 1.165) is 49.2 Å². The van der Waals surface area contributed by atoms with Gasteiger partial charge in [0.2, 0.25) is 0 Å². The van der Waals surface area contributed by atoms with E-state index in [4.69, 9.17) is 5.84 Å². The van der Waals surface area contributed by atoms with Crippen molar-refractivity contribution in [2.45, 2.75) is 40.0 Å². The molecule has 1 amide bonds. The summed E-state index contributed by atoms with van der Waals surface area (Å²) in [5.74, 6) is 5.56. The summed E-state index contributed by atoms with van der Waals surface area (Å²) in [5.41, 5.74) is 5.57. The molecule has 0 atom stereocenters. The number of hydrogen-bond donors (Lipinski definition) is 2. The van der Waals surface area contributed by atoms with E-state index in [9.17, 15) is 4.79 Å². The van der Waals surface area contributed by atoms with Crippen LogP contribution in [0.25, 0.3) is 0 Å². The quantitative estimate of drug-likeness (QED) is 0.656. The molecule has 0 saturated carbocycles. The van der Waals surface area contributed by atoms with E-state index in [1.807, 2.05) is 30.0 Å². The van der Waals surface area contributed by atoms with Crippen LogP contribution >= 0.6 is 0 Å². The van der Waals surface area contributed by atoms with E-state index in [1.54, 1.807) is 0 Å². The minimum absolute atomic E-state index is 0.139. The number of nitrogens with one attached hydrogen (secondary N) is 1. The molecule has 4 heteroatoms. The van der Waals surface area contributed by atoms with Gasteiger partial charge in [0, 0.05) is 18.7 Å². The van der Waals surface area contributed by atoms with E-state index in [2.05, 4.69) is 19.3 Å². The molecular weight excluding hydrogens is 250 g/mol. The number of nitrogens with zero attached hydrogens (tertiary/aromatic N) is 1. The Bertz CT molecular complexity index is 494. The molecule has 1 heterocycles. The van der Waals surface area contributed by atoms with Crippen LogP contribution in [0.2, 0.25) is 0 Å². The van der Waals surface area contributed by atoms with Crippen molar-refractivity contribution in [3.63, 3.8) is 0 Å². The number of carbonyl (C=O) groups is 1. The van der Waals surface area contributed by atoms with Gasteiger partial charge in [-0.25, -0.2) is 0 Å². The Morgan fingerprint density at radius 1 is 1.40 bits per heavy atom. The van der Waals surface area contributed by atoms with Gasteiger partial charge in [-0.2, -0.15) is 0 Å². The average molecular weight is 275 g/mol. The SMILES string of the molecule is CCC1(CC)CCN(C(=O)c2ccc(NN)c(C)c2)C1. The van der Waals surface area contributed by atoms with Gasteiger partial charge in [0.25, 0.3) is 5.91 Å². The maximum Gasteiger partial charge on any atom is 0.253 e. The molecule has 1 fully saturated rings. The van der Waals surface area contributed by atoms with Gasteiger partial charge < -0.3 is 10.3 Å². The van der Waals surface area contributed by atoms with Gasteiger partial charge in [0.1, 0.15) is 0 Å². The number of nitrogens with two attached hydrogens (primary N) is 1. The third-order valence-electron chi connectivity index (χ3n) is 4.85. The van der Waals surface area contributed by atoms with Crippen LogP contribution in [0.5, 0.6) is 0 Å². The van der Waals surface area contributed by atoms with Crippen molar-refractivity contribution in [3.05, 3.63) is 29.3 Å². The van der Waals surface area contributed by atoms with E-state index in [0.29, 0.717) is 5.41 Å². The number of aryl methyl sites for hydroxylation is 1. The summed E-state index contributed by atoms with van der Waals surface area (Å²) in [6.45, 7) is 8.16. The lowest BCUT2D eigenvalue weighted by molar-refractivity contribution is 0.0770. The van der Waals surface area contributed by atoms with Gasteiger partial charge in [0.15, 0.2) is 0 Å². The van der Waals surface area contributed by atoms with E-state index in [1.165, 1.54) is 0 Å². The van der Waals surface area contributed by atoms with Crippen molar-refractivity contribution in [2.75, 3.05) is 18.5 Å². The maximum absolute atomic E-state index is 12.6. The smallest absolute Gasteiger partial charge is 0.253 e. The van der Waals surface area contributed by atoms with Crippen LogP contribution < -0.4 is 11.3 Å². The number of nitrogen functional groups attached to an aromatic ring is 1. The molecule has 1 aromatic carbocycles. The number of hydrazine groups is 1. The zero-order valence-electron chi connectivity index (χ0n) is 12.7. The van der Waals surface area contributed by atoms with Crippen LogP contribution in [0.15, 0.2) is 18.2 Å². The van der Waals surface area contributed by atoms with Crippen molar-refractivity contribution < 1.29 is 4.79 Å². The lowest BCUT2D eigenvalue weighted by atomic mass is 9.82. The largest absolute Gasteiger partial charge is 0.338 e. The van der Waals surface area contributed by atoms with Crippen molar-refractivity contribution in [3.8, 4) is 0 Å². The first-order chi connectivity index (χ1) is 9.55. The molecule has 0 bridgehead atoms. The first kappa shape index (κ1) is 14.9. The fraction of sp³-hybridized carbons (Fsp3) is 0.562. The first-order valence-electron chi connectivity index (χ1n) is 7.42. The minimum atomic E-state index is 0.139. The Hall–Kier alpha value is -1.55. The number of amides is 1. The third-order valence-corrected chi connectivity index (χ3v) is 4.85. The van der Waals surface area contributed by atoms with Gasteiger partial charge in [0.05, 0.1) is 5.69 Å². The molecule has 3 N–H and O–H groups in total. The highest BCUT2D eigenvalue weighted by Gasteiger charge is 2.37. The van der Waals surface area contributed by atoms with Gasteiger partial charge in [-0.3, -0.25) is 10.6 Å². The summed E-state index contributed by atoms with van der Waals surface area (Å²) < 4.78 is 0. The van der Waals surface area contributed by atoms with Crippen LogP contribution in [0, 0.1) is 12.3 Å². The summed E-state index contributed by atoms with van der Waals surface area (Å²) in [5, 5.41) is 0. The van der Waals surface area contributed by atoms with E-state index < -0.39 is 0 Å². The normalized spacial score (nSPS) is 17.3. The predicted octanol–water partition coefficient (Wildman–Crippen LogP) is 2.93. The molecule has 2 rings (SSSR count). The second-order valence-corrected chi connectivity index (χ2v) is 5.86. The van der Waals surface area contributed by atoms with Gasteiger partial charge in [-0.15, -0.1) is 0 Å². The molecule has 1 aromatic rings. The number of carbonyl (C=O) groups excluding carboxylic acids is 1. The molecule has 110 valence electrons. The van der Waals surface area contributed by atoms with Crippen molar-refractivity contribution in [1.29, 1.82) is 0 Å². The fourth-order valence-corrected chi connectivity index (χ4v) is 3.08. The first-order valence-corrected chi connectivity index (χ1v) is 7.42. The fourth-order valence-electron chi connectivity index (χ4n) is 3.08. The summed E-state index contributed by atoms with van der Waals surface area (Å²) in [6.07, 6.45) is 3.40. The van der Waals surface area contributed by atoms with E-state index in [-0.39, 0.29) is 5.91 Å². The number of anilines is 1. The van der Waals surface area contributed by atoms with Gasteiger partial charge in [-0.05, 0) is 55.4 Å². The molecule has 20 heavy (non-hydrogen) atoms. The summed E-state index contributed by atoms with van der Waals surface area (Å²) in [7, 11) is 0. The molecule has 1 saturated heterocycles. The number of benzene rings is 1. The monoisotopic (exact) mass is 275 g/mol. The topological polar surface area (TPSA) is 58.4 Å². The molecule has 4 nitrogen and oxygen atoms in total. The Labute approximate surface area is 121 Å². The standard InChI is InChI=1S/C16H25N3O/c1-4-16(5-2)8-9-19(11-16)15(20)13-6-7-14(18-17)12(3)10-13/h6-7,10,18H,4-5,8-9,11,17H2,1-3H3. The van der Waals surface area contributed by atoms with Crippen LogP contribution in [-0.4, -0.2) is 23.9 Å². The van der Waals surface area contributed by atoms with Crippen LogP contribution in [0.3, 0.4) is 0 Å². The molecule has 1 aliphatic heterocycles. The Morgan fingerprint density at radius 3 is 2.60 bits per heavy atom. The molecular formula is C16H25N3O. The molecule has 0 aromatic heterocycles. The predicted molar refractivity (Wildman–Crippen MR) is 82.5 cm³/mol. The summed E-state index contributed by atoms with van der Waals surface area (Å²) in [6, 6.07) is 5.63. The highest BCUT2D eigenvalue weighted by atomic mass is 16.2. The third kappa shape index (κ3) is 2.66. The zero-order chi connectivity index (χ0) is 14.8. The highest BCUT2D eigenvalue weighted by Crippen LogP contribution is 2.37. The van der Waals surface area contributed by atoms with E-state index >= 15 is 0 Å². The maximum atomic E-state index is 12.6. The molecule has 1 aliphatic rings. The number of rotatable bonds is 4. The second kappa shape index (κ2) is 5.83. The molecule has 0 unspecified atom stereocenters. The zero-order valence-corrected chi connectivity index (χ0v) is 12.7. The van der Waals surface area contributed by atoms with Gasteiger partial charge in [-0.1, -0.05) is 13.8 Å². The summed E-state index contributed by atoms with van der Waals surface area (Å²) >= 11 is 0. The van der Waals surface area contributed by atoms with Crippen molar-refractivity contribution in [2.24, 2.45) is 11.3 Å². The molecule has 0 aliphatic carbocycles. The van der Waals surface area contributed by atoms with Gasteiger partial charge >= 0.3 is 0 Å². The molecule has 0 spiro atoms. The van der Waals surface area contributed by atoms with Crippen molar-refractivity contribution >= 4 is 11.6 Å². The number of likely N-dealkylation sites (tertiary alicyclic amines) is 1. The second-order valence-electron chi connectivity index (χ2n) is 5.86. The van der Waals surface area contributed by atoms with Crippen LogP contribution in [0.1, 0.15) is 49.0 Å². The Morgan fingerprint density at radius 2 is 2.10 bits per heavy atom. The average Bonchev–Trinajstić information content (AvgIpc) is 2.91. The minimum Gasteiger partial charge on any atom is -0.338 e. The van der Waals surface area contributed by atoms with Crippen molar-refractivity contribution in [1.82, 2.24) is 4.90 Å². The summed E-state index contributed by atoms with van der Waals surface area (Å²) in [4.78, 5) is 14.6. The molecule has 0 radical (unpaired) electrons. The van der Waals surface area contributed by atoms with Crippen LogP contribution in [-0.2, 0) is 0 Å². The lowest BCUT2D eigenvalue weighted by Crippen LogP contribution is -2.31.